The Balaban J connectivity index is 0.00000338. The number of anilines is 1. The van der Waals surface area contributed by atoms with E-state index in [1.165, 1.54) is 43.6 Å². The van der Waals surface area contributed by atoms with Gasteiger partial charge in [0.05, 0.1) is 5.00 Å². The van der Waals surface area contributed by atoms with Crippen LogP contribution in [0.15, 0.2) is 22.5 Å². The number of guanidine groups is 1. The molecule has 7 heteroatoms. The fraction of sp³-hybridized carbons (Fsp3) is 0.737. The van der Waals surface area contributed by atoms with Gasteiger partial charge >= 0.3 is 0 Å². The van der Waals surface area contributed by atoms with Gasteiger partial charge in [0.1, 0.15) is 0 Å². The third-order valence-corrected chi connectivity index (χ3v) is 5.60. The van der Waals surface area contributed by atoms with Gasteiger partial charge in [0.15, 0.2) is 5.96 Å². The highest BCUT2D eigenvalue weighted by Crippen LogP contribution is 2.22. The molecule has 5 nitrogen and oxygen atoms in total. The molecule has 0 atom stereocenters. The molecule has 2 heterocycles. The van der Waals surface area contributed by atoms with Crippen LogP contribution in [-0.2, 0) is 0 Å². The molecule has 1 saturated heterocycles. The second kappa shape index (κ2) is 13.6. The van der Waals surface area contributed by atoms with E-state index in [1.54, 1.807) is 0 Å². The van der Waals surface area contributed by atoms with Crippen molar-refractivity contribution in [2.24, 2.45) is 4.99 Å². The number of unbranched alkanes of at least 4 members (excludes halogenated alkanes) is 4. The molecule has 1 aromatic heterocycles. The lowest BCUT2D eigenvalue weighted by atomic mass is 10.1. The van der Waals surface area contributed by atoms with Crippen LogP contribution in [0.4, 0.5) is 5.00 Å². The Kier molecular flexibility index (Phi) is 12.3. The number of halogens is 1. The molecule has 1 fully saturated rings. The van der Waals surface area contributed by atoms with E-state index < -0.39 is 0 Å². The lowest BCUT2D eigenvalue weighted by Crippen LogP contribution is -2.52. The topological polar surface area (TPSA) is 34.1 Å². The third kappa shape index (κ3) is 8.43. The van der Waals surface area contributed by atoms with E-state index in [0.717, 1.165) is 38.7 Å². The zero-order valence-electron chi connectivity index (χ0n) is 16.6. The van der Waals surface area contributed by atoms with Crippen LogP contribution < -0.4 is 10.2 Å². The van der Waals surface area contributed by atoms with Gasteiger partial charge in [-0.25, -0.2) is 0 Å². The van der Waals surface area contributed by atoms with Gasteiger partial charge in [-0.3, -0.25) is 4.99 Å². The normalized spacial score (nSPS) is 15.3. The summed E-state index contributed by atoms with van der Waals surface area (Å²) in [6.07, 6.45) is 6.54. The van der Waals surface area contributed by atoms with Crippen molar-refractivity contribution in [1.29, 1.82) is 0 Å². The lowest BCUT2D eigenvalue weighted by Gasteiger charge is -2.37. The minimum absolute atomic E-state index is 0. The van der Waals surface area contributed by atoms with Crippen LogP contribution in [0.1, 0.15) is 32.1 Å². The first-order valence-electron chi connectivity index (χ1n) is 9.59. The number of thiophene rings is 1. The summed E-state index contributed by atoms with van der Waals surface area (Å²) in [5.41, 5.74) is 0. The molecule has 2 rings (SSSR count). The number of nitrogens with zero attached hydrogens (tertiary/aromatic N) is 4. The van der Waals surface area contributed by atoms with E-state index in [0.29, 0.717) is 0 Å². The molecule has 1 aromatic rings. The van der Waals surface area contributed by atoms with Gasteiger partial charge in [-0.15, -0.1) is 35.3 Å². The Hall–Kier alpha value is -0.540. The summed E-state index contributed by atoms with van der Waals surface area (Å²) in [5.74, 6) is 1.07. The van der Waals surface area contributed by atoms with E-state index in [9.17, 15) is 0 Å². The first-order valence-corrected chi connectivity index (χ1v) is 10.5. The SMILES string of the molecule is CN=C(NCCCCCCCN(C)C)N1CCN(c2cccs2)CC1.I. The van der Waals surface area contributed by atoms with Crippen LogP contribution in [-0.4, -0.2) is 76.2 Å². The Labute approximate surface area is 180 Å². The number of piperazine rings is 1. The summed E-state index contributed by atoms with van der Waals surface area (Å²) in [7, 11) is 6.20. The molecular weight excluding hydrogens is 457 g/mol. The van der Waals surface area contributed by atoms with Gasteiger partial charge in [0, 0.05) is 39.8 Å². The van der Waals surface area contributed by atoms with E-state index in [4.69, 9.17) is 0 Å². The molecule has 1 aliphatic heterocycles. The molecule has 0 aromatic carbocycles. The standard InChI is InChI=1S/C19H35N5S.HI/c1-20-19(21-11-7-5-4-6-8-12-22(2)3)24-15-13-23(14-16-24)18-10-9-17-25-18;/h9-10,17H,4-8,11-16H2,1-3H3,(H,20,21);1H. The molecule has 0 spiro atoms. The second-order valence-corrected chi connectivity index (χ2v) is 7.90. The Morgan fingerprint density at radius 2 is 1.81 bits per heavy atom. The number of hydrogen-bond donors (Lipinski definition) is 1. The van der Waals surface area contributed by atoms with E-state index in [1.807, 2.05) is 18.4 Å². The quantitative estimate of drug-likeness (QED) is 0.247. The van der Waals surface area contributed by atoms with E-state index in [2.05, 4.69) is 56.6 Å². The monoisotopic (exact) mass is 493 g/mol. The number of nitrogens with one attached hydrogen (secondary N) is 1. The summed E-state index contributed by atoms with van der Waals surface area (Å²) in [4.78, 5) is 11.6. The highest BCUT2D eigenvalue weighted by atomic mass is 127. The smallest absolute Gasteiger partial charge is 0.193 e. The molecule has 26 heavy (non-hydrogen) atoms. The van der Waals surface area contributed by atoms with Crippen LogP contribution in [0.3, 0.4) is 0 Å². The van der Waals surface area contributed by atoms with Gasteiger partial charge in [-0.05, 0) is 51.0 Å². The van der Waals surface area contributed by atoms with Crippen molar-refractivity contribution in [1.82, 2.24) is 15.1 Å². The van der Waals surface area contributed by atoms with Crippen LogP contribution >= 0.6 is 35.3 Å². The molecule has 0 amide bonds. The van der Waals surface area contributed by atoms with E-state index >= 15 is 0 Å². The highest BCUT2D eigenvalue weighted by Gasteiger charge is 2.19. The van der Waals surface area contributed by atoms with Crippen molar-refractivity contribution in [2.75, 3.05) is 65.3 Å². The number of rotatable bonds is 9. The average Bonchev–Trinajstić information content (AvgIpc) is 3.15. The molecule has 1 aliphatic rings. The van der Waals surface area contributed by atoms with Crippen molar-refractivity contribution < 1.29 is 0 Å². The van der Waals surface area contributed by atoms with Gasteiger partial charge in [0.2, 0.25) is 0 Å². The molecule has 0 bridgehead atoms. The van der Waals surface area contributed by atoms with Gasteiger partial charge in [-0.1, -0.05) is 19.3 Å². The minimum atomic E-state index is 0. The maximum Gasteiger partial charge on any atom is 0.193 e. The van der Waals surface area contributed by atoms with Crippen LogP contribution in [0.25, 0.3) is 0 Å². The lowest BCUT2D eigenvalue weighted by molar-refractivity contribution is 0.372. The number of hydrogen-bond acceptors (Lipinski definition) is 4. The van der Waals surface area contributed by atoms with Crippen LogP contribution in [0.2, 0.25) is 0 Å². The molecular formula is C19H36IN5S. The largest absolute Gasteiger partial charge is 0.360 e. The molecule has 1 N–H and O–H groups in total. The molecule has 150 valence electrons. The molecule has 0 unspecified atom stereocenters. The van der Waals surface area contributed by atoms with Crippen molar-refractivity contribution in [3.8, 4) is 0 Å². The van der Waals surface area contributed by atoms with Crippen LogP contribution in [0.5, 0.6) is 0 Å². The minimum Gasteiger partial charge on any atom is -0.360 e. The maximum absolute atomic E-state index is 4.48. The Morgan fingerprint density at radius 3 is 2.42 bits per heavy atom. The molecule has 0 saturated carbocycles. The summed E-state index contributed by atoms with van der Waals surface area (Å²) in [6.45, 7) is 6.48. The Bertz CT molecular complexity index is 484. The zero-order chi connectivity index (χ0) is 17.9. The highest BCUT2D eigenvalue weighted by molar-refractivity contribution is 14.0. The van der Waals surface area contributed by atoms with Crippen molar-refractivity contribution >= 4 is 46.3 Å². The zero-order valence-corrected chi connectivity index (χ0v) is 19.8. The second-order valence-electron chi connectivity index (χ2n) is 6.97. The summed E-state index contributed by atoms with van der Waals surface area (Å²) in [6, 6.07) is 4.35. The van der Waals surface area contributed by atoms with Gasteiger partial charge < -0.3 is 20.0 Å². The molecule has 0 aliphatic carbocycles. The summed E-state index contributed by atoms with van der Waals surface area (Å²) >= 11 is 1.83. The third-order valence-electron chi connectivity index (χ3n) is 4.67. The molecule has 0 radical (unpaired) electrons. The van der Waals surface area contributed by atoms with Crippen molar-refractivity contribution in [3.63, 3.8) is 0 Å². The first-order chi connectivity index (χ1) is 12.2. The van der Waals surface area contributed by atoms with Crippen molar-refractivity contribution in [3.05, 3.63) is 17.5 Å². The van der Waals surface area contributed by atoms with Crippen LogP contribution in [0, 0.1) is 0 Å². The predicted octanol–water partition coefficient (Wildman–Crippen LogP) is 3.58. The Morgan fingerprint density at radius 1 is 1.12 bits per heavy atom. The first kappa shape index (κ1) is 23.5. The van der Waals surface area contributed by atoms with Gasteiger partial charge in [-0.2, -0.15) is 0 Å². The summed E-state index contributed by atoms with van der Waals surface area (Å²) < 4.78 is 0. The van der Waals surface area contributed by atoms with E-state index in [-0.39, 0.29) is 24.0 Å². The average molecular weight is 494 g/mol. The van der Waals surface area contributed by atoms with Gasteiger partial charge in [0.25, 0.3) is 0 Å². The fourth-order valence-corrected chi connectivity index (χ4v) is 3.99. The van der Waals surface area contributed by atoms with Crippen molar-refractivity contribution in [2.45, 2.75) is 32.1 Å². The number of aliphatic imine (C=N–C) groups is 1. The predicted molar refractivity (Wildman–Crippen MR) is 127 cm³/mol. The fourth-order valence-electron chi connectivity index (χ4n) is 3.20. The maximum atomic E-state index is 4.48. The summed E-state index contributed by atoms with van der Waals surface area (Å²) in [5, 5.41) is 7.09.